The molecule has 0 aliphatic carbocycles. The Bertz CT molecular complexity index is 925. The molecule has 1 amide bonds. The number of rotatable bonds is 8. The van der Waals surface area contributed by atoms with Crippen molar-refractivity contribution in [2.75, 3.05) is 38.7 Å². The van der Waals surface area contributed by atoms with Crippen LogP contribution in [0.1, 0.15) is 17.7 Å². The third-order valence-electron chi connectivity index (χ3n) is 4.74. The Morgan fingerprint density at radius 1 is 1.21 bits per heavy atom. The molecule has 1 unspecified atom stereocenters. The summed E-state index contributed by atoms with van der Waals surface area (Å²) in [4.78, 5) is 13.6. The lowest BCUT2D eigenvalue weighted by Crippen LogP contribution is -2.43. The van der Waals surface area contributed by atoms with Crippen molar-refractivity contribution in [2.45, 2.75) is 24.0 Å². The lowest BCUT2D eigenvalue weighted by molar-refractivity contribution is -0.120. The molecular weight excluding hydrogens is 412 g/mol. The molecule has 158 valence electrons. The number of nitrogens with one attached hydrogen (secondary N) is 1. The van der Waals surface area contributed by atoms with Crippen molar-refractivity contribution in [3.63, 3.8) is 0 Å². The van der Waals surface area contributed by atoms with Gasteiger partial charge in [-0.25, -0.2) is 8.42 Å². The standard InChI is InChI=1S/C20H26N2O5S2/c1-15-5-10-19(28-15)29(24,25)22-11-3-4-16(14-22)20(23)21-17-6-8-18(9-7-17)27-13-12-26-2/h5-10,16H,3-4,11-14H2,1-2H3,(H,21,23). The Morgan fingerprint density at radius 2 is 1.97 bits per heavy atom. The number of piperidine rings is 1. The van der Waals surface area contributed by atoms with Gasteiger partial charge in [-0.15, -0.1) is 11.3 Å². The summed E-state index contributed by atoms with van der Waals surface area (Å²) in [6, 6.07) is 10.5. The summed E-state index contributed by atoms with van der Waals surface area (Å²) >= 11 is 1.26. The first-order valence-electron chi connectivity index (χ1n) is 9.49. The van der Waals surface area contributed by atoms with Crippen LogP contribution in [0.3, 0.4) is 0 Å². The third kappa shape index (κ3) is 5.57. The highest BCUT2D eigenvalue weighted by Crippen LogP contribution is 2.28. The molecule has 1 fully saturated rings. The average molecular weight is 439 g/mol. The first kappa shape index (κ1) is 21.8. The van der Waals surface area contributed by atoms with E-state index in [1.165, 1.54) is 15.6 Å². The highest BCUT2D eigenvalue weighted by molar-refractivity contribution is 7.91. The number of carbonyl (C=O) groups excluding carboxylic acids is 1. The molecule has 0 spiro atoms. The van der Waals surface area contributed by atoms with Gasteiger partial charge < -0.3 is 14.8 Å². The smallest absolute Gasteiger partial charge is 0.252 e. The summed E-state index contributed by atoms with van der Waals surface area (Å²) in [6.45, 7) is 3.48. The lowest BCUT2D eigenvalue weighted by Gasteiger charge is -2.30. The number of methoxy groups -OCH3 is 1. The van der Waals surface area contributed by atoms with Crippen LogP contribution in [-0.2, 0) is 19.6 Å². The van der Waals surface area contributed by atoms with Crippen molar-refractivity contribution < 1.29 is 22.7 Å². The summed E-state index contributed by atoms with van der Waals surface area (Å²) in [6.07, 6.45) is 1.33. The van der Waals surface area contributed by atoms with Crippen molar-refractivity contribution in [1.29, 1.82) is 0 Å². The minimum atomic E-state index is -3.55. The summed E-state index contributed by atoms with van der Waals surface area (Å²) in [5, 5.41) is 2.88. The van der Waals surface area contributed by atoms with Crippen molar-refractivity contribution >= 4 is 33.0 Å². The Labute approximate surface area is 175 Å². The highest BCUT2D eigenvalue weighted by atomic mass is 32.2. The van der Waals surface area contributed by atoms with Crippen LogP contribution in [0.4, 0.5) is 5.69 Å². The Kier molecular flexibility index (Phi) is 7.28. The van der Waals surface area contributed by atoms with Crippen molar-refractivity contribution in [1.82, 2.24) is 4.31 Å². The van der Waals surface area contributed by atoms with Gasteiger partial charge in [-0.05, 0) is 56.2 Å². The van der Waals surface area contributed by atoms with Gasteiger partial charge in [-0.3, -0.25) is 4.79 Å². The van der Waals surface area contributed by atoms with Gasteiger partial charge in [0.15, 0.2) is 0 Å². The molecule has 1 atom stereocenters. The monoisotopic (exact) mass is 438 g/mol. The van der Waals surface area contributed by atoms with E-state index in [0.29, 0.717) is 48.2 Å². The van der Waals surface area contributed by atoms with E-state index >= 15 is 0 Å². The molecule has 1 aromatic carbocycles. The number of hydrogen-bond donors (Lipinski definition) is 1. The zero-order chi connectivity index (χ0) is 20.9. The predicted octanol–water partition coefficient (Wildman–Crippen LogP) is 3.12. The number of benzene rings is 1. The van der Waals surface area contributed by atoms with E-state index in [2.05, 4.69) is 5.32 Å². The summed E-state index contributed by atoms with van der Waals surface area (Å²) in [5.41, 5.74) is 0.656. The van der Waals surface area contributed by atoms with Crippen LogP contribution in [0.5, 0.6) is 5.75 Å². The largest absolute Gasteiger partial charge is 0.491 e. The topological polar surface area (TPSA) is 84.9 Å². The number of anilines is 1. The maximum absolute atomic E-state index is 12.9. The zero-order valence-electron chi connectivity index (χ0n) is 16.6. The maximum atomic E-state index is 12.9. The van der Waals surface area contributed by atoms with Crippen LogP contribution in [0.25, 0.3) is 0 Å². The van der Waals surface area contributed by atoms with Gasteiger partial charge >= 0.3 is 0 Å². The molecule has 9 heteroatoms. The maximum Gasteiger partial charge on any atom is 0.252 e. The van der Waals surface area contributed by atoms with Crippen molar-refractivity contribution in [3.05, 3.63) is 41.3 Å². The zero-order valence-corrected chi connectivity index (χ0v) is 18.2. The van der Waals surface area contributed by atoms with E-state index in [9.17, 15) is 13.2 Å². The normalized spacial score (nSPS) is 17.8. The van der Waals surface area contributed by atoms with Crippen molar-refractivity contribution in [2.24, 2.45) is 5.92 Å². The number of thiophene rings is 1. The van der Waals surface area contributed by atoms with Crippen LogP contribution in [0.2, 0.25) is 0 Å². The average Bonchev–Trinajstić information content (AvgIpc) is 3.17. The van der Waals surface area contributed by atoms with Gasteiger partial charge in [0, 0.05) is 30.8 Å². The third-order valence-corrected chi connectivity index (χ3v) is 8.08. The quantitative estimate of drug-likeness (QED) is 0.640. The SMILES string of the molecule is COCCOc1ccc(NC(=O)C2CCCN(S(=O)(=O)c3ccc(C)s3)C2)cc1. The minimum Gasteiger partial charge on any atom is -0.491 e. The van der Waals surface area contributed by atoms with E-state index in [-0.39, 0.29) is 18.4 Å². The molecule has 1 aliphatic rings. The van der Waals surface area contributed by atoms with Crippen LogP contribution in [-0.4, -0.2) is 52.0 Å². The van der Waals surface area contributed by atoms with E-state index < -0.39 is 10.0 Å². The first-order valence-corrected chi connectivity index (χ1v) is 11.7. The molecule has 29 heavy (non-hydrogen) atoms. The second-order valence-electron chi connectivity index (χ2n) is 6.92. The fraction of sp³-hybridized carbons (Fsp3) is 0.450. The molecule has 0 radical (unpaired) electrons. The fourth-order valence-electron chi connectivity index (χ4n) is 3.17. The number of carbonyl (C=O) groups is 1. The molecule has 2 aromatic rings. The first-order chi connectivity index (χ1) is 13.9. The molecule has 1 saturated heterocycles. The number of amides is 1. The summed E-state index contributed by atoms with van der Waals surface area (Å²) in [7, 11) is -1.94. The molecule has 3 rings (SSSR count). The van der Waals surface area contributed by atoms with E-state index in [4.69, 9.17) is 9.47 Å². The minimum absolute atomic E-state index is 0.166. The van der Waals surface area contributed by atoms with Gasteiger partial charge in [0.2, 0.25) is 5.91 Å². The second kappa shape index (κ2) is 9.71. The van der Waals surface area contributed by atoms with Crippen LogP contribution >= 0.6 is 11.3 Å². The van der Waals surface area contributed by atoms with E-state index in [0.717, 1.165) is 4.88 Å². The second-order valence-corrected chi connectivity index (χ2v) is 10.4. The van der Waals surface area contributed by atoms with Gasteiger partial charge in [0.1, 0.15) is 16.6 Å². The summed E-state index contributed by atoms with van der Waals surface area (Å²) < 4.78 is 37.9. The molecular formula is C20H26N2O5S2. The van der Waals surface area contributed by atoms with Crippen molar-refractivity contribution in [3.8, 4) is 5.75 Å². The number of aryl methyl sites for hydroxylation is 1. The van der Waals surface area contributed by atoms with E-state index in [1.807, 2.05) is 6.92 Å². The highest BCUT2D eigenvalue weighted by Gasteiger charge is 2.34. The van der Waals surface area contributed by atoms with Gasteiger partial charge in [0.05, 0.1) is 12.5 Å². The number of hydrogen-bond acceptors (Lipinski definition) is 6. The number of nitrogens with zero attached hydrogens (tertiary/aromatic N) is 1. The number of ether oxygens (including phenoxy) is 2. The lowest BCUT2D eigenvalue weighted by atomic mass is 9.99. The molecule has 0 bridgehead atoms. The van der Waals surface area contributed by atoms with Crippen LogP contribution in [0, 0.1) is 12.8 Å². The molecule has 0 saturated carbocycles. The van der Waals surface area contributed by atoms with E-state index in [1.54, 1.807) is 43.5 Å². The molecule has 2 heterocycles. The molecule has 1 aliphatic heterocycles. The van der Waals surface area contributed by atoms with Gasteiger partial charge in [0.25, 0.3) is 10.0 Å². The van der Waals surface area contributed by atoms with Crippen LogP contribution in [0.15, 0.2) is 40.6 Å². The predicted molar refractivity (Wildman–Crippen MR) is 113 cm³/mol. The summed E-state index contributed by atoms with van der Waals surface area (Å²) in [5.74, 6) is 0.152. The fourth-order valence-corrected chi connectivity index (χ4v) is 6.14. The van der Waals surface area contributed by atoms with Gasteiger partial charge in [-0.2, -0.15) is 4.31 Å². The van der Waals surface area contributed by atoms with Crippen LogP contribution < -0.4 is 10.1 Å². The molecule has 1 N–H and O–H groups in total. The Morgan fingerprint density at radius 3 is 2.62 bits per heavy atom. The van der Waals surface area contributed by atoms with Gasteiger partial charge in [-0.1, -0.05) is 0 Å². The Balaban J connectivity index is 1.59. The molecule has 7 nitrogen and oxygen atoms in total. The Hall–Kier alpha value is -1.94. The number of sulfonamides is 1. The molecule has 1 aromatic heterocycles.